The maximum absolute atomic E-state index is 12.9. The Balaban J connectivity index is 1.26. The first-order valence-electron chi connectivity index (χ1n) is 10.9. The summed E-state index contributed by atoms with van der Waals surface area (Å²) in [4.78, 5) is 18.1. The highest BCUT2D eigenvalue weighted by Gasteiger charge is 2.23. The first-order valence-corrected chi connectivity index (χ1v) is 11.8. The van der Waals surface area contributed by atoms with Crippen LogP contribution < -0.4 is 4.74 Å². The second-order valence-corrected chi connectivity index (χ2v) is 9.30. The van der Waals surface area contributed by atoms with Crippen molar-refractivity contribution in [3.63, 3.8) is 0 Å². The summed E-state index contributed by atoms with van der Waals surface area (Å²) in [5.41, 5.74) is 3.67. The summed E-state index contributed by atoms with van der Waals surface area (Å²) in [6.07, 6.45) is 0. The predicted molar refractivity (Wildman–Crippen MR) is 127 cm³/mol. The molecule has 4 nitrogen and oxygen atoms in total. The minimum atomic E-state index is 0.136. The second kappa shape index (κ2) is 10.1. The highest BCUT2D eigenvalue weighted by atomic mass is 32.1. The van der Waals surface area contributed by atoms with Gasteiger partial charge in [-0.15, -0.1) is 11.3 Å². The molecule has 1 aromatic heterocycles. The van der Waals surface area contributed by atoms with Gasteiger partial charge in [0.1, 0.15) is 12.4 Å². The van der Waals surface area contributed by atoms with Crippen LogP contribution in [0.1, 0.15) is 46.1 Å². The topological polar surface area (TPSA) is 32.8 Å². The molecule has 0 atom stereocenters. The van der Waals surface area contributed by atoms with Crippen LogP contribution in [0.15, 0.2) is 66.0 Å². The lowest BCUT2D eigenvalue weighted by Gasteiger charge is -2.34. The van der Waals surface area contributed by atoms with Gasteiger partial charge in [0.15, 0.2) is 0 Å². The minimum absolute atomic E-state index is 0.136. The number of carbonyl (C=O) groups is 1. The van der Waals surface area contributed by atoms with E-state index in [4.69, 9.17) is 4.74 Å². The van der Waals surface area contributed by atoms with Crippen molar-refractivity contribution in [2.24, 2.45) is 0 Å². The predicted octanol–water partition coefficient (Wildman–Crippen LogP) is 5.41. The molecule has 1 saturated heterocycles. The van der Waals surface area contributed by atoms with Crippen molar-refractivity contribution < 1.29 is 9.53 Å². The van der Waals surface area contributed by atoms with Gasteiger partial charge in [-0.25, -0.2) is 0 Å². The molecule has 3 aromatic rings. The van der Waals surface area contributed by atoms with Crippen LogP contribution in [0.5, 0.6) is 5.75 Å². The molecule has 0 unspecified atom stereocenters. The third-order valence-electron chi connectivity index (χ3n) is 5.73. The lowest BCUT2D eigenvalue weighted by molar-refractivity contribution is 0.0633. The molecule has 1 fully saturated rings. The van der Waals surface area contributed by atoms with Crippen LogP contribution in [-0.4, -0.2) is 41.9 Å². The van der Waals surface area contributed by atoms with Crippen molar-refractivity contribution in [2.45, 2.75) is 32.9 Å². The van der Waals surface area contributed by atoms with Crippen LogP contribution in [0.3, 0.4) is 0 Å². The lowest BCUT2D eigenvalue weighted by atomic mass is 10.0. The number of nitrogens with zero attached hydrogens (tertiary/aromatic N) is 2. The van der Waals surface area contributed by atoms with Crippen LogP contribution in [-0.2, 0) is 13.2 Å². The number of hydrogen-bond acceptors (Lipinski definition) is 4. The van der Waals surface area contributed by atoms with Gasteiger partial charge in [0.05, 0.1) is 4.88 Å². The summed E-state index contributed by atoms with van der Waals surface area (Å²) in [5.74, 6) is 1.51. The molecule has 0 spiro atoms. The largest absolute Gasteiger partial charge is 0.489 e. The smallest absolute Gasteiger partial charge is 0.264 e. The Morgan fingerprint density at radius 1 is 0.968 bits per heavy atom. The van der Waals surface area contributed by atoms with E-state index >= 15 is 0 Å². The monoisotopic (exact) mass is 434 g/mol. The van der Waals surface area contributed by atoms with Gasteiger partial charge in [-0.05, 0) is 40.6 Å². The number of ether oxygens (including phenoxy) is 1. The molecule has 0 aliphatic carbocycles. The van der Waals surface area contributed by atoms with Crippen molar-refractivity contribution in [3.05, 3.63) is 87.6 Å². The molecular weight excluding hydrogens is 404 g/mol. The first kappa shape index (κ1) is 21.6. The van der Waals surface area contributed by atoms with Gasteiger partial charge in [-0.2, -0.15) is 0 Å². The van der Waals surface area contributed by atoms with E-state index in [1.165, 1.54) is 22.5 Å². The number of piperazine rings is 1. The molecule has 1 amide bonds. The zero-order valence-electron chi connectivity index (χ0n) is 18.3. The van der Waals surface area contributed by atoms with Crippen molar-refractivity contribution in [1.29, 1.82) is 0 Å². The summed E-state index contributed by atoms with van der Waals surface area (Å²) in [7, 11) is 0. The normalized spacial score (nSPS) is 14.7. The van der Waals surface area contributed by atoms with E-state index in [-0.39, 0.29) is 5.91 Å². The Morgan fingerprint density at radius 3 is 2.35 bits per heavy atom. The van der Waals surface area contributed by atoms with Gasteiger partial charge < -0.3 is 9.64 Å². The Bertz CT molecular complexity index is 974. The molecule has 0 bridgehead atoms. The molecule has 2 aromatic carbocycles. The summed E-state index contributed by atoms with van der Waals surface area (Å²) in [6, 6.07) is 20.7. The van der Waals surface area contributed by atoms with E-state index in [9.17, 15) is 4.79 Å². The molecular formula is C26H30N2O2S. The first-order chi connectivity index (χ1) is 15.1. The van der Waals surface area contributed by atoms with Crippen LogP contribution in [0.2, 0.25) is 0 Å². The van der Waals surface area contributed by atoms with Crippen LogP contribution in [0.4, 0.5) is 0 Å². The van der Waals surface area contributed by atoms with E-state index in [1.54, 1.807) is 0 Å². The van der Waals surface area contributed by atoms with Gasteiger partial charge in [0, 0.05) is 38.3 Å². The summed E-state index contributed by atoms with van der Waals surface area (Å²) in [6.45, 7) is 9.17. The maximum Gasteiger partial charge on any atom is 0.264 e. The second-order valence-electron chi connectivity index (χ2n) is 8.39. The average Bonchev–Trinajstić information content (AvgIpc) is 3.28. The van der Waals surface area contributed by atoms with E-state index in [1.807, 2.05) is 34.5 Å². The number of rotatable bonds is 7. The van der Waals surface area contributed by atoms with E-state index in [2.05, 4.69) is 55.1 Å². The van der Waals surface area contributed by atoms with Gasteiger partial charge >= 0.3 is 0 Å². The summed E-state index contributed by atoms with van der Waals surface area (Å²) < 4.78 is 5.91. The van der Waals surface area contributed by atoms with Crippen molar-refractivity contribution in [1.82, 2.24) is 9.80 Å². The van der Waals surface area contributed by atoms with Gasteiger partial charge in [0.2, 0.25) is 0 Å². The van der Waals surface area contributed by atoms with Crippen molar-refractivity contribution in [2.75, 3.05) is 26.2 Å². The SMILES string of the molecule is CC(C)c1ccc(OCc2csc(C(=O)N3CCN(Cc4ccccc4)CC3)c2)cc1. The zero-order valence-corrected chi connectivity index (χ0v) is 19.1. The fraction of sp³-hybridized carbons (Fsp3) is 0.346. The molecule has 0 N–H and O–H groups in total. The molecule has 31 heavy (non-hydrogen) atoms. The number of carbonyl (C=O) groups excluding carboxylic acids is 1. The summed E-state index contributed by atoms with van der Waals surface area (Å²) >= 11 is 1.51. The fourth-order valence-corrected chi connectivity index (χ4v) is 4.65. The van der Waals surface area contributed by atoms with Gasteiger partial charge in [0.25, 0.3) is 5.91 Å². The Morgan fingerprint density at radius 2 is 1.68 bits per heavy atom. The van der Waals surface area contributed by atoms with Gasteiger partial charge in [-0.1, -0.05) is 56.3 Å². The van der Waals surface area contributed by atoms with E-state index in [0.717, 1.165) is 48.9 Å². The molecule has 2 heterocycles. The Labute approximate surface area is 189 Å². The van der Waals surface area contributed by atoms with E-state index in [0.29, 0.717) is 12.5 Å². The molecule has 1 aliphatic rings. The van der Waals surface area contributed by atoms with Crippen molar-refractivity contribution >= 4 is 17.2 Å². The summed E-state index contributed by atoms with van der Waals surface area (Å²) in [5, 5.41) is 2.03. The third kappa shape index (κ3) is 5.75. The Hall–Kier alpha value is -2.63. The number of amides is 1. The standard InChI is InChI=1S/C26H30N2O2S/c1-20(2)23-8-10-24(11-9-23)30-18-22-16-25(31-19-22)26(29)28-14-12-27(13-15-28)17-21-6-4-3-5-7-21/h3-11,16,19-20H,12-15,17-18H2,1-2H3. The van der Waals surface area contributed by atoms with Gasteiger partial charge in [-0.3, -0.25) is 9.69 Å². The highest BCUT2D eigenvalue weighted by molar-refractivity contribution is 7.12. The molecule has 0 saturated carbocycles. The highest BCUT2D eigenvalue weighted by Crippen LogP contribution is 2.22. The number of thiophene rings is 1. The lowest BCUT2D eigenvalue weighted by Crippen LogP contribution is -2.48. The third-order valence-corrected chi connectivity index (χ3v) is 6.69. The molecule has 0 radical (unpaired) electrons. The Kier molecular flexibility index (Phi) is 7.05. The molecule has 4 rings (SSSR count). The zero-order chi connectivity index (χ0) is 21.6. The average molecular weight is 435 g/mol. The quantitative estimate of drug-likeness (QED) is 0.499. The van der Waals surface area contributed by atoms with E-state index < -0.39 is 0 Å². The van der Waals surface area contributed by atoms with Crippen molar-refractivity contribution in [3.8, 4) is 5.75 Å². The molecule has 162 valence electrons. The molecule has 5 heteroatoms. The van der Waals surface area contributed by atoms with Crippen LogP contribution in [0.25, 0.3) is 0 Å². The maximum atomic E-state index is 12.9. The van der Waals surface area contributed by atoms with Crippen LogP contribution in [0, 0.1) is 0 Å². The number of benzene rings is 2. The molecule has 1 aliphatic heterocycles. The fourth-order valence-electron chi connectivity index (χ4n) is 3.79. The minimum Gasteiger partial charge on any atom is -0.489 e. The number of hydrogen-bond donors (Lipinski definition) is 0. The van der Waals surface area contributed by atoms with Crippen LogP contribution >= 0.6 is 11.3 Å².